The van der Waals surface area contributed by atoms with Gasteiger partial charge in [-0.15, -0.1) is 0 Å². The van der Waals surface area contributed by atoms with Crippen LogP contribution in [-0.4, -0.2) is 25.2 Å². The number of hydrogen-bond donors (Lipinski definition) is 1. The van der Waals surface area contributed by atoms with Gasteiger partial charge < -0.3 is 10.1 Å². The first-order valence-corrected chi connectivity index (χ1v) is 5.19. The van der Waals surface area contributed by atoms with Crippen LogP contribution in [0.3, 0.4) is 0 Å². The fourth-order valence-electron chi connectivity index (χ4n) is 0.968. The molecule has 3 heteroatoms. The molecule has 3 nitrogen and oxygen atoms in total. The van der Waals surface area contributed by atoms with Crippen LogP contribution in [0, 0.1) is 0 Å². The molecule has 0 fully saturated rings. The Morgan fingerprint density at radius 2 is 2.14 bits per heavy atom. The quantitative estimate of drug-likeness (QED) is 0.502. The third-order valence-electron chi connectivity index (χ3n) is 1.64. The lowest BCUT2D eigenvalue weighted by molar-refractivity contribution is -0.116. The van der Waals surface area contributed by atoms with Crippen LogP contribution in [0.4, 0.5) is 0 Å². The van der Waals surface area contributed by atoms with Crippen molar-refractivity contribution >= 4 is 5.91 Å². The predicted octanol–water partition coefficient (Wildman–Crippen LogP) is 1.88. The number of nitrogens with one attached hydrogen (secondary N) is 1. The van der Waals surface area contributed by atoms with Crippen molar-refractivity contribution in [1.82, 2.24) is 5.32 Å². The summed E-state index contributed by atoms with van der Waals surface area (Å²) in [6.07, 6.45) is 5.53. The first-order chi connectivity index (χ1) is 6.66. The van der Waals surface area contributed by atoms with Gasteiger partial charge >= 0.3 is 0 Å². The van der Waals surface area contributed by atoms with Gasteiger partial charge in [-0.3, -0.25) is 4.79 Å². The fourth-order valence-corrected chi connectivity index (χ4v) is 0.968. The Kier molecular flexibility index (Phi) is 8.24. The molecule has 82 valence electrons. The van der Waals surface area contributed by atoms with Gasteiger partial charge in [0.15, 0.2) is 0 Å². The molecule has 0 aromatic heterocycles. The molecule has 1 amide bonds. The van der Waals surface area contributed by atoms with Crippen molar-refractivity contribution < 1.29 is 9.53 Å². The maximum absolute atomic E-state index is 11.0. The SMILES string of the molecule is C/C=C/C(=O)NCCCCOC(C)C. The van der Waals surface area contributed by atoms with Crippen LogP contribution in [0.25, 0.3) is 0 Å². The predicted molar refractivity (Wildman–Crippen MR) is 58.1 cm³/mol. The molecule has 0 aliphatic carbocycles. The summed E-state index contributed by atoms with van der Waals surface area (Å²) in [6, 6.07) is 0. The zero-order valence-corrected chi connectivity index (χ0v) is 9.38. The standard InChI is InChI=1S/C11H21NO2/c1-4-7-11(13)12-8-5-6-9-14-10(2)3/h4,7,10H,5-6,8-9H2,1-3H3,(H,12,13)/b7-4+. The van der Waals surface area contributed by atoms with Crippen molar-refractivity contribution in [1.29, 1.82) is 0 Å². The number of unbranched alkanes of at least 4 members (excludes halogenated alkanes) is 1. The number of rotatable bonds is 7. The summed E-state index contributed by atoms with van der Waals surface area (Å²) in [5.74, 6) is -0.0164. The third kappa shape index (κ3) is 9.26. The molecule has 0 bridgehead atoms. The highest BCUT2D eigenvalue weighted by Crippen LogP contribution is 1.93. The van der Waals surface area contributed by atoms with Crippen LogP contribution in [0.1, 0.15) is 33.6 Å². The average molecular weight is 199 g/mol. The van der Waals surface area contributed by atoms with Crippen molar-refractivity contribution in [2.75, 3.05) is 13.2 Å². The largest absolute Gasteiger partial charge is 0.379 e. The van der Waals surface area contributed by atoms with Crippen molar-refractivity contribution in [3.05, 3.63) is 12.2 Å². The van der Waals surface area contributed by atoms with Gasteiger partial charge in [0.1, 0.15) is 0 Å². The van der Waals surface area contributed by atoms with Crippen LogP contribution in [-0.2, 0) is 9.53 Å². The van der Waals surface area contributed by atoms with Crippen molar-refractivity contribution in [2.45, 2.75) is 39.7 Å². The zero-order chi connectivity index (χ0) is 10.8. The molecule has 0 heterocycles. The van der Waals surface area contributed by atoms with Gasteiger partial charge in [0.2, 0.25) is 5.91 Å². The summed E-state index contributed by atoms with van der Waals surface area (Å²) in [5.41, 5.74) is 0. The monoisotopic (exact) mass is 199 g/mol. The smallest absolute Gasteiger partial charge is 0.243 e. The Labute approximate surface area is 86.5 Å². The van der Waals surface area contributed by atoms with E-state index in [0.717, 1.165) is 26.0 Å². The normalized spacial score (nSPS) is 11.1. The Bertz CT molecular complexity index is 176. The second-order valence-electron chi connectivity index (χ2n) is 3.42. The molecule has 0 rings (SSSR count). The van der Waals surface area contributed by atoms with E-state index in [1.54, 1.807) is 6.08 Å². The lowest BCUT2D eigenvalue weighted by Gasteiger charge is -2.06. The first kappa shape index (κ1) is 13.2. The number of hydrogen-bond acceptors (Lipinski definition) is 2. The molecule has 0 aliphatic rings. The molecule has 0 atom stereocenters. The molecular weight excluding hydrogens is 178 g/mol. The first-order valence-electron chi connectivity index (χ1n) is 5.19. The fraction of sp³-hybridized carbons (Fsp3) is 0.727. The van der Waals surface area contributed by atoms with Gasteiger partial charge in [-0.05, 0) is 39.7 Å². The number of ether oxygens (including phenoxy) is 1. The molecule has 0 aliphatic heterocycles. The van der Waals surface area contributed by atoms with Gasteiger partial charge in [-0.1, -0.05) is 6.08 Å². The second-order valence-corrected chi connectivity index (χ2v) is 3.42. The topological polar surface area (TPSA) is 38.3 Å². The molecule has 0 aromatic carbocycles. The van der Waals surface area contributed by atoms with Crippen LogP contribution in [0.5, 0.6) is 0 Å². The Morgan fingerprint density at radius 3 is 2.71 bits per heavy atom. The van der Waals surface area contributed by atoms with Gasteiger partial charge in [-0.25, -0.2) is 0 Å². The maximum atomic E-state index is 11.0. The molecule has 0 aromatic rings. The third-order valence-corrected chi connectivity index (χ3v) is 1.64. The molecule has 0 unspecified atom stereocenters. The maximum Gasteiger partial charge on any atom is 0.243 e. The second kappa shape index (κ2) is 8.75. The highest BCUT2D eigenvalue weighted by atomic mass is 16.5. The molecule has 0 spiro atoms. The van der Waals surface area contributed by atoms with E-state index >= 15 is 0 Å². The summed E-state index contributed by atoms with van der Waals surface area (Å²) in [7, 11) is 0. The minimum absolute atomic E-state index is 0.0164. The van der Waals surface area contributed by atoms with Crippen LogP contribution in [0.2, 0.25) is 0 Å². The highest BCUT2D eigenvalue weighted by Gasteiger charge is 1.95. The molecule has 0 saturated heterocycles. The number of allylic oxidation sites excluding steroid dienone is 1. The lowest BCUT2D eigenvalue weighted by Crippen LogP contribution is -2.22. The van der Waals surface area contributed by atoms with Gasteiger partial charge in [0.05, 0.1) is 6.10 Å². The van der Waals surface area contributed by atoms with Crippen molar-refractivity contribution in [3.8, 4) is 0 Å². The summed E-state index contributed by atoms with van der Waals surface area (Å²) in [5, 5.41) is 2.79. The van der Waals surface area contributed by atoms with E-state index in [1.165, 1.54) is 6.08 Å². The van der Waals surface area contributed by atoms with E-state index in [4.69, 9.17) is 4.74 Å². The Morgan fingerprint density at radius 1 is 1.43 bits per heavy atom. The van der Waals surface area contributed by atoms with E-state index in [0.29, 0.717) is 6.10 Å². The molecule has 14 heavy (non-hydrogen) atoms. The zero-order valence-electron chi connectivity index (χ0n) is 9.38. The molecule has 1 N–H and O–H groups in total. The van der Waals surface area contributed by atoms with Gasteiger partial charge in [0, 0.05) is 13.2 Å². The Hall–Kier alpha value is -0.830. The highest BCUT2D eigenvalue weighted by molar-refractivity contribution is 5.87. The van der Waals surface area contributed by atoms with E-state index in [2.05, 4.69) is 5.32 Å². The lowest BCUT2D eigenvalue weighted by atomic mass is 10.3. The van der Waals surface area contributed by atoms with Crippen molar-refractivity contribution in [3.63, 3.8) is 0 Å². The number of carbonyl (C=O) groups is 1. The van der Waals surface area contributed by atoms with Crippen molar-refractivity contribution in [2.24, 2.45) is 0 Å². The average Bonchev–Trinajstić information content (AvgIpc) is 2.11. The minimum Gasteiger partial charge on any atom is -0.379 e. The summed E-state index contributed by atoms with van der Waals surface area (Å²) in [4.78, 5) is 11.0. The summed E-state index contributed by atoms with van der Waals surface area (Å²) in [6.45, 7) is 7.37. The Balaban J connectivity index is 3.17. The van der Waals surface area contributed by atoms with Crippen LogP contribution in [0.15, 0.2) is 12.2 Å². The van der Waals surface area contributed by atoms with E-state index in [-0.39, 0.29) is 5.91 Å². The van der Waals surface area contributed by atoms with Crippen LogP contribution < -0.4 is 5.32 Å². The number of carbonyl (C=O) groups excluding carboxylic acids is 1. The molecule has 0 saturated carbocycles. The van der Waals surface area contributed by atoms with Gasteiger partial charge in [-0.2, -0.15) is 0 Å². The minimum atomic E-state index is -0.0164. The van der Waals surface area contributed by atoms with Crippen LogP contribution >= 0.6 is 0 Å². The summed E-state index contributed by atoms with van der Waals surface area (Å²) >= 11 is 0. The van der Waals surface area contributed by atoms with E-state index in [1.807, 2.05) is 20.8 Å². The summed E-state index contributed by atoms with van der Waals surface area (Å²) < 4.78 is 5.37. The van der Waals surface area contributed by atoms with E-state index < -0.39 is 0 Å². The van der Waals surface area contributed by atoms with E-state index in [9.17, 15) is 4.79 Å². The van der Waals surface area contributed by atoms with Gasteiger partial charge in [0.25, 0.3) is 0 Å². The molecule has 0 radical (unpaired) electrons. The number of amides is 1. The molecular formula is C11H21NO2.